The number of aromatic nitrogens is 1. The molecular weight excluding hydrogens is 284 g/mol. The van der Waals surface area contributed by atoms with Gasteiger partial charge in [0, 0.05) is 11.6 Å². The first-order valence-electron chi connectivity index (χ1n) is 7.08. The summed E-state index contributed by atoms with van der Waals surface area (Å²) in [5.74, 6) is -1.34. The maximum atomic E-state index is 12.1. The quantitative estimate of drug-likeness (QED) is 0.855. The van der Waals surface area contributed by atoms with Crippen molar-refractivity contribution in [2.45, 2.75) is 26.3 Å². The Hall–Kier alpha value is -2.63. The van der Waals surface area contributed by atoms with Gasteiger partial charge in [0.25, 0.3) is 5.91 Å². The van der Waals surface area contributed by atoms with Crippen molar-refractivity contribution >= 4 is 11.9 Å². The summed E-state index contributed by atoms with van der Waals surface area (Å²) in [7, 11) is 0. The van der Waals surface area contributed by atoms with Gasteiger partial charge >= 0.3 is 5.97 Å². The normalized spacial score (nSPS) is 13.4. The average molecular weight is 302 g/mol. The highest BCUT2D eigenvalue weighted by Crippen LogP contribution is 2.20. The van der Waals surface area contributed by atoms with E-state index in [0.717, 1.165) is 5.56 Å². The van der Waals surface area contributed by atoms with E-state index in [4.69, 9.17) is 4.52 Å². The summed E-state index contributed by atoms with van der Waals surface area (Å²) in [5.41, 5.74) is 0.860. The molecule has 116 valence electrons. The van der Waals surface area contributed by atoms with Gasteiger partial charge in [0.1, 0.15) is 6.04 Å². The van der Waals surface area contributed by atoms with E-state index in [9.17, 15) is 14.7 Å². The molecule has 2 unspecified atom stereocenters. The van der Waals surface area contributed by atoms with Gasteiger partial charge in [-0.2, -0.15) is 0 Å². The topological polar surface area (TPSA) is 92.4 Å². The standard InChI is InChI=1S/C16H18N2O4/c1-3-10(2)14(16(20)21)17-15(19)12-9-13(22-18-12)11-7-5-4-6-8-11/h4-10,14H,3H2,1-2H3,(H,17,19)(H,20,21). The van der Waals surface area contributed by atoms with Gasteiger partial charge in [0.05, 0.1) is 0 Å². The number of carboxylic acids is 1. The fourth-order valence-corrected chi connectivity index (χ4v) is 2.02. The van der Waals surface area contributed by atoms with Crippen LogP contribution in [0.3, 0.4) is 0 Å². The van der Waals surface area contributed by atoms with Gasteiger partial charge in [-0.05, 0) is 5.92 Å². The molecule has 0 fully saturated rings. The third-order valence-electron chi connectivity index (χ3n) is 3.57. The molecule has 1 heterocycles. The van der Waals surface area contributed by atoms with Crippen LogP contribution in [0.4, 0.5) is 0 Å². The third-order valence-corrected chi connectivity index (χ3v) is 3.57. The monoisotopic (exact) mass is 302 g/mol. The fraction of sp³-hybridized carbons (Fsp3) is 0.312. The van der Waals surface area contributed by atoms with E-state index in [1.165, 1.54) is 6.07 Å². The lowest BCUT2D eigenvalue weighted by Crippen LogP contribution is -2.45. The second kappa shape index (κ2) is 6.89. The maximum Gasteiger partial charge on any atom is 0.326 e. The highest BCUT2D eigenvalue weighted by atomic mass is 16.5. The molecule has 2 aromatic rings. The van der Waals surface area contributed by atoms with Crippen LogP contribution in [0.15, 0.2) is 40.9 Å². The van der Waals surface area contributed by atoms with Crippen molar-refractivity contribution in [3.63, 3.8) is 0 Å². The zero-order valence-electron chi connectivity index (χ0n) is 12.4. The average Bonchev–Trinajstić information content (AvgIpc) is 3.02. The largest absolute Gasteiger partial charge is 0.480 e. The molecule has 0 saturated carbocycles. The van der Waals surface area contributed by atoms with Crippen molar-refractivity contribution in [2.75, 3.05) is 0 Å². The molecule has 0 radical (unpaired) electrons. The molecule has 22 heavy (non-hydrogen) atoms. The van der Waals surface area contributed by atoms with E-state index in [1.807, 2.05) is 37.3 Å². The van der Waals surface area contributed by atoms with Gasteiger partial charge in [0.15, 0.2) is 11.5 Å². The third kappa shape index (κ3) is 3.52. The lowest BCUT2D eigenvalue weighted by atomic mass is 9.99. The fourth-order valence-electron chi connectivity index (χ4n) is 2.02. The molecule has 2 rings (SSSR count). The van der Waals surface area contributed by atoms with Gasteiger partial charge in [-0.15, -0.1) is 0 Å². The zero-order chi connectivity index (χ0) is 16.1. The predicted molar refractivity (Wildman–Crippen MR) is 80.3 cm³/mol. The molecule has 0 spiro atoms. The number of benzene rings is 1. The van der Waals surface area contributed by atoms with E-state index < -0.39 is 17.9 Å². The molecule has 1 amide bonds. The Balaban J connectivity index is 2.13. The van der Waals surface area contributed by atoms with Crippen LogP contribution in [0.25, 0.3) is 11.3 Å². The first kappa shape index (κ1) is 15.8. The molecule has 2 atom stereocenters. The lowest BCUT2D eigenvalue weighted by molar-refractivity contribution is -0.140. The van der Waals surface area contributed by atoms with E-state index in [-0.39, 0.29) is 11.6 Å². The Morgan fingerprint density at radius 3 is 2.59 bits per heavy atom. The molecule has 0 aliphatic heterocycles. The van der Waals surface area contributed by atoms with Gasteiger partial charge < -0.3 is 14.9 Å². The van der Waals surface area contributed by atoms with Crippen LogP contribution in [0.1, 0.15) is 30.8 Å². The molecule has 0 saturated heterocycles. The van der Waals surface area contributed by atoms with Crippen LogP contribution in [0.5, 0.6) is 0 Å². The Morgan fingerprint density at radius 2 is 2.00 bits per heavy atom. The Labute approximate surface area is 128 Å². The van der Waals surface area contributed by atoms with Crippen molar-refractivity contribution in [3.05, 3.63) is 42.1 Å². The number of nitrogens with zero attached hydrogens (tertiary/aromatic N) is 1. The van der Waals surface area contributed by atoms with Crippen molar-refractivity contribution in [1.29, 1.82) is 0 Å². The first-order valence-corrected chi connectivity index (χ1v) is 7.08. The summed E-state index contributed by atoms with van der Waals surface area (Å²) in [4.78, 5) is 23.4. The number of rotatable bonds is 6. The van der Waals surface area contributed by atoms with Crippen LogP contribution in [-0.2, 0) is 4.79 Å². The minimum atomic E-state index is -1.06. The summed E-state index contributed by atoms with van der Waals surface area (Å²) < 4.78 is 5.14. The Bertz CT molecular complexity index is 651. The molecule has 1 aromatic heterocycles. The van der Waals surface area contributed by atoms with Crippen LogP contribution in [0, 0.1) is 5.92 Å². The second-order valence-corrected chi connectivity index (χ2v) is 5.12. The molecular formula is C16H18N2O4. The molecule has 0 aliphatic rings. The van der Waals surface area contributed by atoms with Crippen LogP contribution in [0.2, 0.25) is 0 Å². The maximum absolute atomic E-state index is 12.1. The molecule has 1 aromatic carbocycles. The second-order valence-electron chi connectivity index (χ2n) is 5.12. The van der Waals surface area contributed by atoms with Gasteiger partial charge in [0.2, 0.25) is 0 Å². The number of carboxylic acid groups (broad SMARTS) is 1. The first-order chi connectivity index (χ1) is 10.5. The zero-order valence-corrected chi connectivity index (χ0v) is 12.4. The minimum Gasteiger partial charge on any atom is -0.480 e. The summed E-state index contributed by atoms with van der Waals surface area (Å²) in [5, 5.41) is 15.4. The summed E-state index contributed by atoms with van der Waals surface area (Å²) in [6.07, 6.45) is 0.644. The molecule has 6 nitrogen and oxygen atoms in total. The molecule has 2 N–H and O–H groups in total. The highest BCUT2D eigenvalue weighted by Gasteiger charge is 2.27. The smallest absolute Gasteiger partial charge is 0.326 e. The minimum absolute atomic E-state index is 0.0633. The molecule has 6 heteroatoms. The van der Waals surface area contributed by atoms with E-state index >= 15 is 0 Å². The predicted octanol–water partition coefficient (Wildman–Crippen LogP) is 2.57. The number of aliphatic carboxylic acids is 1. The number of amides is 1. The van der Waals surface area contributed by atoms with E-state index in [0.29, 0.717) is 12.2 Å². The Morgan fingerprint density at radius 1 is 1.32 bits per heavy atom. The van der Waals surface area contributed by atoms with Gasteiger partial charge in [-0.1, -0.05) is 55.8 Å². The summed E-state index contributed by atoms with van der Waals surface area (Å²) >= 11 is 0. The van der Waals surface area contributed by atoms with Gasteiger partial charge in [-0.3, -0.25) is 4.79 Å². The summed E-state index contributed by atoms with van der Waals surface area (Å²) in [6, 6.07) is 9.79. The number of carbonyl (C=O) groups excluding carboxylic acids is 1. The summed E-state index contributed by atoms with van der Waals surface area (Å²) in [6.45, 7) is 3.65. The SMILES string of the molecule is CCC(C)C(NC(=O)c1cc(-c2ccccc2)on1)C(=O)O. The number of nitrogens with one attached hydrogen (secondary N) is 1. The van der Waals surface area contributed by atoms with E-state index in [1.54, 1.807) is 6.92 Å². The van der Waals surface area contributed by atoms with Crippen LogP contribution < -0.4 is 5.32 Å². The number of carbonyl (C=O) groups is 2. The number of hydrogen-bond acceptors (Lipinski definition) is 4. The highest BCUT2D eigenvalue weighted by molar-refractivity contribution is 5.95. The van der Waals surface area contributed by atoms with Crippen LogP contribution in [-0.4, -0.2) is 28.2 Å². The van der Waals surface area contributed by atoms with E-state index in [2.05, 4.69) is 10.5 Å². The van der Waals surface area contributed by atoms with Crippen LogP contribution >= 0.6 is 0 Å². The van der Waals surface area contributed by atoms with Crippen molar-refractivity contribution in [2.24, 2.45) is 5.92 Å². The molecule has 0 aliphatic carbocycles. The van der Waals surface area contributed by atoms with Crippen molar-refractivity contribution in [1.82, 2.24) is 10.5 Å². The lowest BCUT2D eigenvalue weighted by Gasteiger charge is -2.19. The molecule has 0 bridgehead atoms. The van der Waals surface area contributed by atoms with Gasteiger partial charge in [-0.25, -0.2) is 4.79 Å². The Kier molecular flexibility index (Phi) is 4.93. The number of hydrogen-bond donors (Lipinski definition) is 2. The van der Waals surface area contributed by atoms with Crippen molar-refractivity contribution in [3.8, 4) is 11.3 Å². The van der Waals surface area contributed by atoms with Crippen molar-refractivity contribution < 1.29 is 19.2 Å².